The summed E-state index contributed by atoms with van der Waals surface area (Å²) in [5, 5.41) is 20.7. The fourth-order valence-corrected chi connectivity index (χ4v) is 4.61. The summed E-state index contributed by atoms with van der Waals surface area (Å²) in [6.45, 7) is 2.82. The average Bonchev–Trinajstić information content (AvgIpc) is 3.35. The molecule has 2 N–H and O–H groups in total. The van der Waals surface area contributed by atoms with Gasteiger partial charge >= 0.3 is 0 Å². The topological polar surface area (TPSA) is 90.3 Å². The predicted octanol–water partition coefficient (Wildman–Crippen LogP) is 3.13. The Labute approximate surface area is 193 Å². The van der Waals surface area contributed by atoms with Crippen LogP contribution in [-0.2, 0) is 21.7 Å². The first kappa shape index (κ1) is 23.0. The lowest BCUT2D eigenvalue weighted by atomic mass is 9.83. The van der Waals surface area contributed by atoms with Crippen molar-refractivity contribution in [3.8, 4) is 5.75 Å². The molecule has 2 aliphatic rings. The van der Waals surface area contributed by atoms with E-state index in [-0.39, 0.29) is 12.5 Å². The molecule has 0 spiro atoms. The summed E-state index contributed by atoms with van der Waals surface area (Å²) in [6, 6.07) is 12.9. The molecular formula is C26H30N2O5. The second kappa shape index (κ2) is 9.37. The monoisotopic (exact) mass is 450 g/mol. The Morgan fingerprint density at radius 1 is 1.18 bits per heavy atom. The fraction of sp³-hybridized carbons (Fsp3) is 0.385. The van der Waals surface area contributed by atoms with Gasteiger partial charge in [-0.2, -0.15) is 0 Å². The third kappa shape index (κ3) is 4.14. The maximum Gasteiger partial charge on any atom is 0.264 e. The number of carbonyl (C=O) groups is 2. The molecular weight excluding hydrogens is 420 g/mol. The van der Waals surface area contributed by atoms with Crippen LogP contribution in [0.1, 0.15) is 37.3 Å². The number of amides is 2. The minimum atomic E-state index is -1.74. The number of hydrogen-bond acceptors (Lipinski definition) is 5. The maximum absolute atomic E-state index is 13.6. The van der Waals surface area contributed by atoms with Gasteiger partial charge in [-0.05, 0) is 48.7 Å². The van der Waals surface area contributed by atoms with Crippen LogP contribution in [0.2, 0.25) is 0 Å². The Morgan fingerprint density at radius 3 is 2.58 bits per heavy atom. The maximum atomic E-state index is 13.6. The Morgan fingerprint density at radius 2 is 1.94 bits per heavy atom. The van der Waals surface area contributed by atoms with Crippen LogP contribution in [0.3, 0.4) is 0 Å². The quantitative estimate of drug-likeness (QED) is 0.603. The molecule has 2 aromatic rings. The molecule has 0 bridgehead atoms. The zero-order chi connectivity index (χ0) is 23.6. The molecule has 0 radical (unpaired) electrons. The Bertz CT molecular complexity index is 1060. The number of hydrogen-bond donors (Lipinski definition) is 2. The van der Waals surface area contributed by atoms with E-state index in [0.717, 1.165) is 24.2 Å². The smallest absolute Gasteiger partial charge is 0.264 e. The molecule has 2 aromatic carbocycles. The van der Waals surface area contributed by atoms with Crippen molar-refractivity contribution in [1.82, 2.24) is 0 Å². The molecule has 7 nitrogen and oxygen atoms in total. The summed E-state index contributed by atoms with van der Waals surface area (Å²) in [7, 11) is 1.55. The van der Waals surface area contributed by atoms with Gasteiger partial charge in [0.15, 0.2) is 5.60 Å². The van der Waals surface area contributed by atoms with Crippen molar-refractivity contribution in [1.29, 1.82) is 0 Å². The highest BCUT2D eigenvalue weighted by Gasteiger charge is 2.52. The first-order valence-electron chi connectivity index (χ1n) is 11.3. The number of fused-ring (bicyclic) bond motifs is 1. The van der Waals surface area contributed by atoms with Crippen molar-refractivity contribution >= 4 is 23.2 Å². The van der Waals surface area contributed by atoms with Gasteiger partial charge in [-0.15, -0.1) is 0 Å². The highest BCUT2D eigenvalue weighted by atomic mass is 16.5. The van der Waals surface area contributed by atoms with Crippen LogP contribution in [0.5, 0.6) is 5.75 Å². The average molecular weight is 451 g/mol. The zero-order valence-electron chi connectivity index (χ0n) is 19.0. The van der Waals surface area contributed by atoms with Gasteiger partial charge in [-0.3, -0.25) is 9.59 Å². The molecule has 0 saturated carbocycles. The molecule has 174 valence electrons. The Hall–Kier alpha value is -3.16. The van der Waals surface area contributed by atoms with E-state index in [4.69, 9.17) is 9.84 Å². The summed E-state index contributed by atoms with van der Waals surface area (Å²) in [6.07, 6.45) is 5.44. The molecule has 2 atom stereocenters. The standard InChI is InChI=1S/C26H30N2O5/c1-18(6-3-4-15-29)26(32)22-16-21(33-2)12-13-23(22)28(25(26)31)17-19-8-10-20(11-9-19)27-14-5-7-24(27)30/h3,6,8-13,16,18,29,32H,4-5,7,14-15,17H2,1-2H3/b6-3+/t18-,26+/m1/s1. The van der Waals surface area contributed by atoms with Gasteiger partial charge in [0.2, 0.25) is 5.91 Å². The second-order valence-corrected chi connectivity index (χ2v) is 8.59. The van der Waals surface area contributed by atoms with Crippen molar-refractivity contribution in [2.24, 2.45) is 5.92 Å². The van der Waals surface area contributed by atoms with E-state index >= 15 is 0 Å². The third-order valence-electron chi connectivity index (χ3n) is 6.52. The Kier molecular flexibility index (Phi) is 6.54. The van der Waals surface area contributed by atoms with Crippen LogP contribution >= 0.6 is 0 Å². The summed E-state index contributed by atoms with van der Waals surface area (Å²) in [5.74, 6) is -0.205. The molecule has 2 aliphatic heterocycles. The van der Waals surface area contributed by atoms with E-state index in [1.54, 1.807) is 54.2 Å². The van der Waals surface area contributed by atoms with E-state index in [1.165, 1.54) is 0 Å². The largest absolute Gasteiger partial charge is 0.497 e. The predicted molar refractivity (Wildman–Crippen MR) is 126 cm³/mol. The van der Waals surface area contributed by atoms with Gasteiger partial charge in [0, 0.05) is 36.7 Å². The fourth-order valence-electron chi connectivity index (χ4n) is 4.61. The van der Waals surface area contributed by atoms with Gasteiger partial charge in [0.05, 0.1) is 19.3 Å². The lowest BCUT2D eigenvalue weighted by Gasteiger charge is -2.28. The molecule has 2 heterocycles. The molecule has 0 unspecified atom stereocenters. The molecule has 1 saturated heterocycles. The number of rotatable bonds is 8. The highest BCUT2D eigenvalue weighted by molar-refractivity contribution is 6.07. The van der Waals surface area contributed by atoms with E-state index in [9.17, 15) is 14.7 Å². The molecule has 33 heavy (non-hydrogen) atoms. The lowest BCUT2D eigenvalue weighted by molar-refractivity contribution is -0.139. The summed E-state index contributed by atoms with van der Waals surface area (Å²) >= 11 is 0. The normalized spacial score (nSPS) is 21.2. The van der Waals surface area contributed by atoms with Gasteiger partial charge in [-0.25, -0.2) is 0 Å². The van der Waals surface area contributed by atoms with E-state index in [0.29, 0.717) is 36.4 Å². The van der Waals surface area contributed by atoms with Crippen LogP contribution in [0.25, 0.3) is 0 Å². The van der Waals surface area contributed by atoms with Crippen LogP contribution in [-0.4, -0.2) is 42.3 Å². The van der Waals surface area contributed by atoms with Crippen molar-refractivity contribution in [2.45, 2.75) is 38.3 Å². The number of nitrogens with zero attached hydrogens (tertiary/aromatic N) is 2. The molecule has 0 aliphatic carbocycles. The number of carbonyl (C=O) groups excluding carboxylic acids is 2. The van der Waals surface area contributed by atoms with Gasteiger partial charge < -0.3 is 24.7 Å². The second-order valence-electron chi connectivity index (χ2n) is 8.59. The van der Waals surface area contributed by atoms with Gasteiger partial charge in [-0.1, -0.05) is 31.2 Å². The van der Waals surface area contributed by atoms with Crippen molar-refractivity contribution in [2.75, 3.05) is 30.1 Å². The highest BCUT2D eigenvalue weighted by Crippen LogP contribution is 2.47. The van der Waals surface area contributed by atoms with Crippen molar-refractivity contribution < 1.29 is 24.5 Å². The minimum absolute atomic E-state index is 0.00511. The number of methoxy groups -OCH3 is 1. The minimum Gasteiger partial charge on any atom is -0.497 e. The van der Waals surface area contributed by atoms with Gasteiger partial charge in [0.25, 0.3) is 5.91 Å². The first-order valence-corrected chi connectivity index (χ1v) is 11.3. The van der Waals surface area contributed by atoms with Crippen molar-refractivity contribution in [3.63, 3.8) is 0 Å². The lowest BCUT2D eigenvalue weighted by Crippen LogP contribution is -2.44. The van der Waals surface area contributed by atoms with Crippen LogP contribution in [0, 0.1) is 5.92 Å². The number of ether oxygens (including phenoxy) is 1. The molecule has 2 amide bonds. The number of benzene rings is 2. The van der Waals surface area contributed by atoms with E-state index in [2.05, 4.69) is 0 Å². The molecule has 1 fully saturated rings. The number of anilines is 2. The Balaban J connectivity index is 1.64. The van der Waals surface area contributed by atoms with Crippen LogP contribution < -0.4 is 14.5 Å². The zero-order valence-corrected chi connectivity index (χ0v) is 19.0. The molecule has 4 rings (SSSR count). The molecule has 0 aromatic heterocycles. The SMILES string of the molecule is COc1ccc2c(c1)[C@@](O)([C@H](C)/C=C/CCO)C(=O)N2Cc1ccc(N2CCCC2=O)cc1. The summed E-state index contributed by atoms with van der Waals surface area (Å²) < 4.78 is 5.35. The van der Waals surface area contributed by atoms with Crippen LogP contribution in [0.15, 0.2) is 54.6 Å². The van der Waals surface area contributed by atoms with Crippen molar-refractivity contribution in [3.05, 3.63) is 65.7 Å². The summed E-state index contributed by atoms with van der Waals surface area (Å²) in [4.78, 5) is 29.0. The summed E-state index contributed by atoms with van der Waals surface area (Å²) in [5.41, 5.74) is 1.17. The number of aliphatic hydroxyl groups is 2. The van der Waals surface area contributed by atoms with E-state index in [1.807, 2.05) is 24.3 Å². The third-order valence-corrected chi connectivity index (χ3v) is 6.52. The van der Waals surface area contributed by atoms with Gasteiger partial charge in [0.1, 0.15) is 5.75 Å². The van der Waals surface area contributed by atoms with E-state index < -0.39 is 17.4 Å². The molecule has 7 heteroatoms. The number of aliphatic hydroxyl groups excluding tert-OH is 1. The van der Waals surface area contributed by atoms with Crippen LogP contribution in [0.4, 0.5) is 11.4 Å². The first-order chi connectivity index (χ1) is 15.9.